The molecule has 1 aromatic rings. The zero-order valence-corrected chi connectivity index (χ0v) is 16.5. The van der Waals surface area contributed by atoms with Crippen LogP contribution in [0.15, 0.2) is 28.7 Å². The quantitative estimate of drug-likeness (QED) is 0.577. The fourth-order valence-electron chi connectivity index (χ4n) is 3.10. The van der Waals surface area contributed by atoms with Gasteiger partial charge < -0.3 is 15.3 Å². The molecule has 1 aromatic carbocycles. The first-order chi connectivity index (χ1) is 12.2. The van der Waals surface area contributed by atoms with Crippen molar-refractivity contribution >= 4 is 21.8 Å². The molecule has 25 heavy (non-hydrogen) atoms. The minimum Gasteiger partial charge on any atom is -0.395 e. The molecule has 0 saturated carbocycles. The van der Waals surface area contributed by atoms with E-state index in [2.05, 4.69) is 37.1 Å². The van der Waals surface area contributed by atoms with Crippen molar-refractivity contribution < 1.29 is 9.90 Å². The highest BCUT2D eigenvalue weighted by atomic mass is 79.9. The number of β-amino-alcohol motifs (C(OH)–C–C–N with tert-alkyl or cyclic N) is 1. The third-order valence-corrected chi connectivity index (χ3v) is 5.46. The molecular formula is C19H30BrN3O2. The third-order valence-electron chi connectivity index (χ3n) is 4.68. The number of carbonyl (C=O) groups excluding carboxylic acids is 1. The van der Waals surface area contributed by atoms with E-state index in [-0.39, 0.29) is 12.5 Å². The van der Waals surface area contributed by atoms with Crippen LogP contribution in [0, 0.1) is 0 Å². The summed E-state index contributed by atoms with van der Waals surface area (Å²) < 4.78 is 1.07. The van der Waals surface area contributed by atoms with E-state index in [1.807, 2.05) is 18.2 Å². The van der Waals surface area contributed by atoms with E-state index >= 15 is 0 Å². The molecule has 0 spiro atoms. The monoisotopic (exact) mass is 411 g/mol. The molecule has 0 aromatic heterocycles. The highest BCUT2D eigenvalue weighted by Crippen LogP contribution is 2.17. The molecular weight excluding hydrogens is 382 g/mol. The normalized spacial score (nSPS) is 16.1. The predicted molar refractivity (Wildman–Crippen MR) is 105 cm³/mol. The number of nitrogens with one attached hydrogen (secondary N) is 1. The number of nitrogens with zero attached hydrogens (tertiary/aromatic N) is 2. The number of aliphatic hydroxyl groups is 1. The summed E-state index contributed by atoms with van der Waals surface area (Å²) in [6.07, 6.45) is 3.45. The molecule has 0 radical (unpaired) electrons. The lowest BCUT2D eigenvalue weighted by Gasteiger charge is -2.34. The van der Waals surface area contributed by atoms with Crippen LogP contribution in [-0.4, -0.2) is 73.2 Å². The van der Waals surface area contributed by atoms with E-state index in [9.17, 15) is 4.79 Å². The minimum absolute atomic E-state index is 0.133. The number of benzene rings is 1. The Morgan fingerprint density at radius 1 is 1.08 bits per heavy atom. The van der Waals surface area contributed by atoms with Crippen LogP contribution in [0.1, 0.15) is 24.8 Å². The second-order valence-electron chi connectivity index (χ2n) is 6.56. The average molecular weight is 412 g/mol. The number of amides is 1. The Labute approximate surface area is 159 Å². The summed E-state index contributed by atoms with van der Waals surface area (Å²) in [7, 11) is 0. The Morgan fingerprint density at radius 3 is 2.44 bits per heavy atom. The van der Waals surface area contributed by atoms with Gasteiger partial charge in [-0.05, 0) is 37.4 Å². The summed E-state index contributed by atoms with van der Waals surface area (Å²) in [5.41, 5.74) is 1.18. The van der Waals surface area contributed by atoms with E-state index in [1.54, 1.807) is 0 Å². The molecule has 6 heteroatoms. The maximum absolute atomic E-state index is 11.9. The second kappa shape index (κ2) is 11.6. The van der Waals surface area contributed by atoms with Crippen LogP contribution in [0.3, 0.4) is 0 Å². The number of aryl methyl sites for hydroxylation is 1. The van der Waals surface area contributed by atoms with E-state index < -0.39 is 0 Å². The van der Waals surface area contributed by atoms with Gasteiger partial charge in [0.1, 0.15) is 0 Å². The number of piperazine rings is 1. The van der Waals surface area contributed by atoms with Crippen LogP contribution in [0.2, 0.25) is 0 Å². The SMILES string of the molecule is O=C(CCc1ccccc1Br)NCCCCN1CCN(CCO)CC1. The number of unbranched alkanes of at least 4 members (excludes halogenated alkanes) is 1. The first kappa shape index (κ1) is 20.4. The fraction of sp³-hybridized carbons (Fsp3) is 0.632. The Kier molecular flexibility index (Phi) is 9.47. The number of rotatable bonds is 10. The smallest absolute Gasteiger partial charge is 0.220 e. The van der Waals surface area contributed by atoms with Gasteiger partial charge in [-0.25, -0.2) is 0 Å². The van der Waals surface area contributed by atoms with Gasteiger partial charge in [0.25, 0.3) is 0 Å². The van der Waals surface area contributed by atoms with Gasteiger partial charge in [0.05, 0.1) is 6.61 Å². The van der Waals surface area contributed by atoms with Crippen molar-refractivity contribution in [1.29, 1.82) is 0 Å². The molecule has 2 rings (SSSR count). The van der Waals surface area contributed by atoms with Gasteiger partial charge in [-0.15, -0.1) is 0 Å². The van der Waals surface area contributed by atoms with Gasteiger partial charge in [-0.1, -0.05) is 34.1 Å². The van der Waals surface area contributed by atoms with Crippen molar-refractivity contribution in [2.45, 2.75) is 25.7 Å². The van der Waals surface area contributed by atoms with E-state index in [0.29, 0.717) is 6.42 Å². The molecule has 1 fully saturated rings. The summed E-state index contributed by atoms with van der Waals surface area (Å²) in [6.45, 7) is 7.16. The molecule has 140 valence electrons. The summed E-state index contributed by atoms with van der Waals surface area (Å²) >= 11 is 3.52. The molecule has 2 N–H and O–H groups in total. The number of hydrogen-bond acceptors (Lipinski definition) is 4. The molecule has 1 aliphatic heterocycles. The molecule has 5 nitrogen and oxygen atoms in total. The van der Waals surface area contributed by atoms with Gasteiger partial charge in [-0.3, -0.25) is 9.69 Å². The number of hydrogen-bond donors (Lipinski definition) is 2. The summed E-state index contributed by atoms with van der Waals surface area (Å²) in [4.78, 5) is 16.7. The van der Waals surface area contributed by atoms with Crippen LogP contribution in [0.4, 0.5) is 0 Å². The van der Waals surface area contributed by atoms with Crippen molar-refractivity contribution in [3.63, 3.8) is 0 Å². The zero-order valence-electron chi connectivity index (χ0n) is 14.9. The van der Waals surface area contributed by atoms with E-state index in [1.165, 1.54) is 5.56 Å². The highest BCUT2D eigenvalue weighted by molar-refractivity contribution is 9.10. The van der Waals surface area contributed by atoms with Gasteiger partial charge >= 0.3 is 0 Å². The van der Waals surface area contributed by atoms with Crippen molar-refractivity contribution in [1.82, 2.24) is 15.1 Å². The molecule has 0 atom stereocenters. The molecule has 1 amide bonds. The minimum atomic E-state index is 0.133. The lowest BCUT2D eigenvalue weighted by Crippen LogP contribution is -2.47. The first-order valence-corrected chi connectivity index (χ1v) is 10.0. The second-order valence-corrected chi connectivity index (χ2v) is 7.41. The lowest BCUT2D eigenvalue weighted by atomic mass is 10.1. The van der Waals surface area contributed by atoms with Crippen LogP contribution >= 0.6 is 15.9 Å². The molecule has 1 heterocycles. The van der Waals surface area contributed by atoms with Crippen LogP contribution in [-0.2, 0) is 11.2 Å². The maximum Gasteiger partial charge on any atom is 0.220 e. The molecule has 0 aliphatic carbocycles. The van der Waals surface area contributed by atoms with Crippen molar-refractivity contribution in [3.05, 3.63) is 34.3 Å². The van der Waals surface area contributed by atoms with Crippen molar-refractivity contribution in [3.8, 4) is 0 Å². The van der Waals surface area contributed by atoms with E-state index in [4.69, 9.17) is 5.11 Å². The third kappa shape index (κ3) is 7.86. The first-order valence-electron chi connectivity index (χ1n) is 9.24. The molecule has 1 saturated heterocycles. The summed E-state index contributed by atoms with van der Waals surface area (Å²) in [5, 5.41) is 12.0. The Hall–Kier alpha value is -0.950. The fourth-order valence-corrected chi connectivity index (χ4v) is 3.59. The topological polar surface area (TPSA) is 55.8 Å². The van der Waals surface area contributed by atoms with Crippen molar-refractivity contribution in [2.75, 3.05) is 52.4 Å². The molecule has 0 bridgehead atoms. The van der Waals surface area contributed by atoms with Crippen LogP contribution in [0.5, 0.6) is 0 Å². The van der Waals surface area contributed by atoms with Crippen LogP contribution in [0.25, 0.3) is 0 Å². The summed E-state index contributed by atoms with van der Waals surface area (Å²) in [6, 6.07) is 8.05. The molecule has 1 aliphatic rings. The largest absolute Gasteiger partial charge is 0.395 e. The van der Waals surface area contributed by atoms with Gasteiger partial charge in [-0.2, -0.15) is 0 Å². The number of halogens is 1. The Morgan fingerprint density at radius 2 is 1.76 bits per heavy atom. The van der Waals surface area contributed by atoms with E-state index in [0.717, 1.165) is 69.5 Å². The van der Waals surface area contributed by atoms with Gasteiger partial charge in [0.2, 0.25) is 5.91 Å². The lowest BCUT2D eigenvalue weighted by molar-refractivity contribution is -0.121. The average Bonchev–Trinajstić information content (AvgIpc) is 2.62. The zero-order chi connectivity index (χ0) is 17.9. The van der Waals surface area contributed by atoms with Gasteiger partial charge in [0, 0.05) is 50.2 Å². The molecule has 0 unspecified atom stereocenters. The van der Waals surface area contributed by atoms with Crippen molar-refractivity contribution in [2.24, 2.45) is 0 Å². The van der Waals surface area contributed by atoms with Crippen LogP contribution < -0.4 is 5.32 Å². The maximum atomic E-state index is 11.9. The Bertz CT molecular complexity index is 519. The number of carbonyl (C=O) groups is 1. The number of aliphatic hydroxyl groups excluding tert-OH is 1. The van der Waals surface area contributed by atoms with Gasteiger partial charge in [0.15, 0.2) is 0 Å². The Balaban J connectivity index is 1.49. The standard InChI is InChI=1S/C19H30BrN3O2/c20-18-6-2-1-5-17(18)7-8-19(25)21-9-3-4-10-22-11-13-23(14-12-22)15-16-24/h1-2,5-6,24H,3-4,7-16H2,(H,21,25). The summed E-state index contributed by atoms with van der Waals surface area (Å²) in [5.74, 6) is 0.133. The highest BCUT2D eigenvalue weighted by Gasteiger charge is 2.15. The predicted octanol–water partition coefficient (Wildman–Crippen LogP) is 1.89.